The highest BCUT2D eigenvalue weighted by Crippen LogP contribution is 2.41. The van der Waals surface area contributed by atoms with Crippen LogP contribution in [0.2, 0.25) is 0 Å². The van der Waals surface area contributed by atoms with Gasteiger partial charge in [-0.25, -0.2) is 4.79 Å². The van der Waals surface area contributed by atoms with Crippen molar-refractivity contribution >= 4 is 23.2 Å². The zero-order valence-corrected chi connectivity index (χ0v) is 12.8. The first kappa shape index (κ1) is 14.4. The Morgan fingerprint density at radius 1 is 1.38 bits per heavy atom. The molecular formula is C15H19NO4S. The Kier molecular flexibility index (Phi) is 3.89. The molecule has 0 spiro atoms. The smallest absolute Gasteiger partial charge is 0.326 e. The normalized spacial score (nSPS) is 28.2. The Bertz CT molecular complexity index is 556. The number of hydrogen-bond donors (Lipinski definition) is 1. The highest BCUT2D eigenvalue weighted by molar-refractivity contribution is 7.12. The van der Waals surface area contributed by atoms with Gasteiger partial charge in [0.15, 0.2) is 0 Å². The summed E-state index contributed by atoms with van der Waals surface area (Å²) in [6.07, 6.45) is 4.73. The zero-order valence-electron chi connectivity index (χ0n) is 11.9. The van der Waals surface area contributed by atoms with Gasteiger partial charge in [-0.3, -0.25) is 4.79 Å². The highest BCUT2D eigenvalue weighted by Gasteiger charge is 2.48. The summed E-state index contributed by atoms with van der Waals surface area (Å²) in [4.78, 5) is 26.5. The lowest BCUT2D eigenvalue weighted by atomic mass is 9.85. The Morgan fingerprint density at radius 2 is 2.14 bits per heavy atom. The fraction of sp³-hybridized carbons (Fsp3) is 0.600. The molecule has 2 fully saturated rings. The number of carboxylic acids is 1. The topological polar surface area (TPSA) is 66.8 Å². The number of ether oxygens (including phenoxy) is 1. The Labute approximate surface area is 127 Å². The fourth-order valence-electron chi connectivity index (χ4n) is 3.70. The van der Waals surface area contributed by atoms with Crippen LogP contribution < -0.4 is 4.74 Å². The van der Waals surface area contributed by atoms with Crippen LogP contribution in [0.1, 0.15) is 41.8 Å². The van der Waals surface area contributed by atoms with Crippen molar-refractivity contribution in [3.63, 3.8) is 0 Å². The third kappa shape index (κ3) is 2.41. The fourth-order valence-corrected chi connectivity index (χ4v) is 4.51. The maximum absolute atomic E-state index is 12.9. The molecule has 6 heteroatoms. The lowest BCUT2D eigenvalue weighted by molar-refractivity contribution is -0.141. The van der Waals surface area contributed by atoms with Gasteiger partial charge in [0.25, 0.3) is 5.91 Å². The Morgan fingerprint density at radius 3 is 2.86 bits per heavy atom. The molecule has 21 heavy (non-hydrogen) atoms. The minimum absolute atomic E-state index is 0.0687. The summed E-state index contributed by atoms with van der Waals surface area (Å²) >= 11 is 1.31. The number of likely N-dealkylation sites (tertiary alicyclic amines) is 1. The van der Waals surface area contributed by atoms with Gasteiger partial charge < -0.3 is 14.7 Å². The van der Waals surface area contributed by atoms with Crippen LogP contribution in [-0.4, -0.2) is 41.1 Å². The van der Waals surface area contributed by atoms with Gasteiger partial charge in [-0.2, -0.15) is 0 Å². The summed E-state index contributed by atoms with van der Waals surface area (Å²) < 4.78 is 5.21. The van der Waals surface area contributed by atoms with Gasteiger partial charge in [0, 0.05) is 6.04 Å². The van der Waals surface area contributed by atoms with Gasteiger partial charge in [-0.05, 0) is 36.6 Å². The number of hydrogen-bond acceptors (Lipinski definition) is 4. The molecule has 1 N–H and O–H groups in total. The standard InChI is InChI=1S/C15H19NO4S/c1-20-12-6-7-21-13(12)14(17)16-10-5-3-2-4-9(10)8-11(16)15(18)19/h6-7,9-11H,2-5,8H2,1H3,(H,18,19)/t9-,10-,11+/m1/s1. The predicted molar refractivity (Wildman–Crippen MR) is 78.8 cm³/mol. The molecule has 1 aliphatic heterocycles. The summed E-state index contributed by atoms with van der Waals surface area (Å²) in [6, 6.07) is 1.12. The molecule has 1 aromatic rings. The average molecular weight is 309 g/mol. The number of amides is 1. The molecule has 3 rings (SSSR count). The quantitative estimate of drug-likeness (QED) is 0.932. The van der Waals surface area contributed by atoms with E-state index in [0.717, 1.165) is 25.7 Å². The second-order valence-electron chi connectivity index (χ2n) is 5.73. The van der Waals surface area contributed by atoms with Crippen molar-refractivity contribution in [2.24, 2.45) is 5.92 Å². The van der Waals surface area contributed by atoms with Crippen molar-refractivity contribution in [1.82, 2.24) is 4.90 Å². The van der Waals surface area contributed by atoms with Crippen molar-refractivity contribution in [1.29, 1.82) is 0 Å². The van der Waals surface area contributed by atoms with Crippen molar-refractivity contribution in [3.8, 4) is 5.75 Å². The van der Waals surface area contributed by atoms with E-state index in [0.29, 0.717) is 23.0 Å². The monoisotopic (exact) mass is 309 g/mol. The van der Waals surface area contributed by atoms with Crippen LogP contribution >= 0.6 is 11.3 Å². The SMILES string of the molecule is COc1ccsc1C(=O)N1[C@@H]2CCCC[C@@H]2C[C@H]1C(=O)O. The lowest BCUT2D eigenvalue weighted by Gasteiger charge is -2.32. The van der Waals surface area contributed by atoms with E-state index in [1.165, 1.54) is 18.4 Å². The van der Waals surface area contributed by atoms with Crippen molar-refractivity contribution in [2.75, 3.05) is 7.11 Å². The number of carboxylic acid groups (broad SMARTS) is 1. The number of aliphatic carboxylic acids is 1. The molecule has 0 bridgehead atoms. The molecule has 2 aliphatic rings. The predicted octanol–water partition coefficient (Wildman–Crippen LogP) is 2.61. The summed E-state index contributed by atoms with van der Waals surface area (Å²) in [5.74, 6) is -0.222. The van der Waals surface area contributed by atoms with E-state index < -0.39 is 12.0 Å². The van der Waals surface area contributed by atoms with Gasteiger partial charge in [0.05, 0.1) is 7.11 Å². The van der Waals surface area contributed by atoms with Crippen LogP contribution in [0.4, 0.5) is 0 Å². The average Bonchev–Trinajstić information content (AvgIpc) is 3.10. The second kappa shape index (κ2) is 5.67. The van der Waals surface area contributed by atoms with Crippen molar-refractivity contribution in [3.05, 3.63) is 16.3 Å². The molecule has 1 aromatic heterocycles. The number of methoxy groups -OCH3 is 1. The number of thiophene rings is 1. The summed E-state index contributed by atoms with van der Waals surface area (Å²) in [5, 5.41) is 11.3. The van der Waals surface area contributed by atoms with Gasteiger partial charge >= 0.3 is 5.97 Å². The molecule has 0 unspecified atom stereocenters. The molecular weight excluding hydrogens is 290 g/mol. The molecule has 1 aliphatic carbocycles. The zero-order chi connectivity index (χ0) is 15.0. The first-order chi connectivity index (χ1) is 10.1. The minimum atomic E-state index is -0.895. The van der Waals surface area contributed by atoms with Crippen LogP contribution in [0.25, 0.3) is 0 Å². The number of carbonyl (C=O) groups is 2. The minimum Gasteiger partial charge on any atom is -0.495 e. The number of rotatable bonds is 3. The third-order valence-electron chi connectivity index (χ3n) is 4.65. The van der Waals surface area contributed by atoms with Gasteiger partial charge in [-0.1, -0.05) is 12.8 Å². The van der Waals surface area contributed by atoms with Crippen molar-refractivity contribution in [2.45, 2.75) is 44.2 Å². The van der Waals surface area contributed by atoms with Crippen LogP contribution in [0.5, 0.6) is 5.75 Å². The van der Waals surface area contributed by atoms with Crippen LogP contribution in [0.3, 0.4) is 0 Å². The molecule has 1 amide bonds. The molecule has 0 aromatic carbocycles. The highest BCUT2D eigenvalue weighted by atomic mass is 32.1. The summed E-state index contributed by atoms with van der Waals surface area (Å²) in [5.41, 5.74) is 0. The number of carbonyl (C=O) groups excluding carboxylic acids is 1. The summed E-state index contributed by atoms with van der Waals surface area (Å²) in [7, 11) is 1.53. The van der Waals surface area contributed by atoms with E-state index in [-0.39, 0.29) is 11.9 Å². The largest absolute Gasteiger partial charge is 0.495 e. The first-order valence-electron chi connectivity index (χ1n) is 7.30. The summed E-state index contributed by atoms with van der Waals surface area (Å²) in [6.45, 7) is 0. The third-order valence-corrected chi connectivity index (χ3v) is 5.53. The van der Waals surface area contributed by atoms with E-state index in [9.17, 15) is 14.7 Å². The molecule has 114 valence electrons. The van der Waals surface area contributed by atoms with E-state index >= 15 is 0 Å². The van der Waals surface area contributed by atoms with Gasteiger partial charge in [0.2, 0.25) is 0 Å². The van der Waals surface area contributed by atoms with Gasteiger partial charge in [0.1, 0.15) is 16.7 Å². The molecule has 3 atom stereocenters. The Balaban J connectivity index is 1.93. The maximum atomic E-state index is 12.9. The van der Waals surface area contributed by atoms with E-state index in [2.05, 4.69) is 0 Å². The lowest BCUT2D eigenvalue weighted by Crippen LogP contribution is -2.46. The molecule has 1 saturated heterocycles. The maximum Gasteiger partial charge on any atom is 0.326 e. The second-order valence-corrected chi connectivity index (χ2v) is 6.65. The number of fused-ring (bicyclic) bond motifs is 1. The molecule has 0 radical (unpaired) electrons. The molecule has 2 heterocycles. The Hall–Kier alpha value is -1.56. The van der Waals surface area contributed by atoms with E-state index in [1.807, 2.05) is 0 Å². The van der Waals surface area contributed by atoms with Gasteiger partial charge in [-0.15, -0.1) is 11.3 Å². The molecule has 1 saturated carbocycles. The van der Waals surface area contributed by atoms with Crippen LogP contribution in [-0.2, 0) is 4.79 Å². The molecule has 5 nitrogen and oxygen atoms in total. The van der Waals surface area contributed by atoms with E-state index in [1.54, 1.807) is 16.3 Å². The number of nitrogens with zero attached hydrogens (tertiary/aromatic N) is 1. The van der Waals surface area contributed by atoms with E-state index in [4.69, 9.17) is 4.74 Å². The van der Waals surface area contributed by atoms with Crippen LogP contribution in [0.15, 0.2) is 11.4 Å². The first-order valence-corrected chi connectivity index (χ1v) is 8.18. The van der Waals surface area contributed by atoms with Crippen LogP contribution in [0, 0.1) is 5.92 Å². The van der Waals surface area contributed by atoms with Crippen molar-refractivity contribution < 1.29 is 19.4 Å².